The van der Waals surface area contributed by atoms with E-state index in [1.54, 1.807) is 0 Å². The molecular formula is C22H15F5N2O3. The van der Waals surface area contributed by atoms with Crippen molar-refractivity contribution in [2.24, 2.45) is 5.73 Å². The summed E-state index contributed by atoms with van der Waals surface area (Å²) < 4.78 is 72.2. The predicted octanol–water partition coefficient (Wildman–Crippen LogP) is 5.01. The van der Waals surface area contributed by atoms with Crippen LogP contribution in [0.3, 0.4) is 0 Å². The molecule has 10 heteroatoms. The highest BCUT2D eigenvalue weighted by atomic mass is 19.4. The maximum atomic E-state index is 13.7. The summed E-state index contributed by atoms with van der Waals surface area (Å²) in [5.74, 6) is -3.60. The van der Waals surface area contributed by atoms with Crippen LogP contribution in [0.15, 0.2) is 54.6 Å². The summed E-state index contributed by atoms with van der Waals surface area (Å²) in [6.45, 7) is 0. The van der Waals surface area contributed by atoms with Gasteiger partial charge in [0, 0.05) is 22.9 Å². The second-order valence-electron chi connectivity index (χ2n) is 6.62. The topological polar surface area (TPSA) is 81.4 Å². The zero-order valence-electron chi connectivity index (χ0n) is 16.4. The average Bonchev–Trinajstić information content (AvgIpc) is 2.73. The third-order valence-electron chi connectivity index (χ3n) is 4.53. The SMILES string of the molecule is COc1cc(F)ccc1-c1cc(C(F)(F)F)ccc1C(=O)Nc1ccc(F)c(C(N)=O)c1. The van der Waals surface area contributed by atoms with Gasteiger partial charge in [-0.25, -0.2) is 8.78 Å². The largest absolute Gasteiger partial charge is 0.496 e. The molecule has 3 rings (SSSR count). The molecule has 32 heavy (non-hydrogen) atoms. The zero-order chi connectivity index (χ0) is 23.6. The standard InChI is InChI=1S/C22H15F5N2O3/c1-32-19-9-12(23)3-6-14(19)16-8-11(22(25,26)27)2-5-15(16)21(31)29-13-4-7-18(24)17(10-13)20(28)30/h2-10H,1H3,(H2,28,30)(H,29,31). The van der Waals surface area contributed by atoms with E-state index in [4.69, 9.17) is 10.5 Å². The molecule has 0 heterocycles. The third kappa shape index (κ3) is 4.69. The lowest BCUT2D eigenvalue weighted by atomic mass is 9.95. The van der Waals surface area contributed by atoms with Crippen molar-refractivity contribution in [2.45, 2.75) is 6.18 Å². The highest BCUT2D eigenvalue weighted by Crippen LogP contribution is 2.38. The average molecular weight is 450 g/mol. The first-order chi connectivity index (χ1) is 15.0. The molecule has 0 aromatic heterocycles. The number of alkyl halides is 3. The van der Waals surface area contributed by atoms with Crippen LogP contribution in [0, 0.1) is 11.6 Å². The molecule has 0 radical (unpaired) electrons. The number of primary amides is 1. The normalized spacial score (nSPS) is 11.2. The van der Waals surface area contributed by atoms with Crippen LogP contribution in [0.25, 0.3) is 11.1 Å². The molecule has 3 aromatic rings. The minimum Gasteiger partial charge on any atom is -0.496 e. The number of rotatable bonds is 5. The Morgan fingerprint density at radius 2 is 1.62 bits per heavy atom. The Morgan fingerprint density at radius 3 is 2.25 bits per heavy atom. The van der Waals surface area contributed by atoms with Gasteiger partial charge in [-0.3, -0.25) is 9.59 Å². The first-order valence-corrected chi connectivity index (χ1v) is 8.97. The minimum atomic E-state index is -4.70. The van der Waals surface area contributed by atoms with Crippen LogP contribution in [0.2, 0.25) is 0 Å². The number of halogens is 5. The monoisotopic (exact) mass is 450 g/mol. The summed E-state index contributed by atoms with van der Waals surface area (Å²) in [6, 6.07) is 8.64. The molecule has 0 atom stereocenters. The number of hydrogen-bond donors (Lipinski definition) is 2. The summed E-state index contributed by atoms with van der Waals surface area (Å²) in [6.07, 6.45) is -4.70. The summed E-state index contributed by atoms with van der Waals surface area (Å²) in [4.78, 5) is 24.2. The fraction of sp³-hybridized carbons (Fsp3) is 0.0909. The van der Waals surface area contributed by atoms with Crippen LogP contribution in [-0.2, 0) is 6.18 Å². The van der Waals surface area contributed by atoms with Gasteiger partial charge in [0.1, 0.15) is 17.4 Å². The van der Waals surface area contributed by atoms with Crippen LogP contribution in [0.4, 0.5) is 27.6 Å². The van der Waals surface area contributed by atoms with Gasteiger partial charge in [0.25, 0.3) is 11.8 Å². The summed E-state index contributed by atoms with van der Waals surface area (Å²) in [5.41, 5.74) is 3.23. The number of benzene rings is 3. The van der Waals surface area contributed by atoms with E-state index in [0.29, 0.717) is 6.07 Å². The summed E-state index contributed by atoms with van der Waals surface area (Å²) >= 11 is 0. The molecule has 3 aromatic carbocycles. The van der Waals surface area contributed by atoms with Gasteiger partial charge in [-0.1, -0.05) is 0 Å². The number of anilines is 1. The fourth-order valence-electron chi connectivity index (χ4n) is 3.02. The van der Waals surface area contributed by atoms with Gasteiger partial charge in [0.15, 0.2) is 0 Å². The van der Waals surface area contributed by atoms with E-state index in [1.165, 1.54) is 13.2 Å². The number of carbonyl (C=O) groups is 2. The molecule has 2 amide bonds. The van der Waals surface area contributed by atoms with Crippen molar-refractivity contribution in [2.75, 3.05) is 12.4 Å². The van der Waals surface area contributed by atoms with E-state index in [-0.39, 0.29) is 28.1 Å². The van der Waals surface area contributed by atoms with Gasteiger partial charge in [-0.2, -0.15) is 13.2 Å². The Labute approximate surface area is 178 Å². The Bertz CT molecular complexity index is 1210. The number of hydrogen-bond acceptors (Lipinski definition) is 3. The predicted molar refractivity (Wildman–Crippen MR) is 106 cm³/mol. The maximum Gasteiger partial charge on any atom is 0.416 e. The van der Waals surface area contributed by atoms with E-state index < -0.39 is 40.8 Å². The van der Waals surface area contributed by atoms with Crippen molar-refractivity contribution in [3.8, 4) is 16.9 Å². The van der Waals surface area contributed by atoms with Gasteiger partial charge in [-0.15, -0.1) is 0 Å². The Morgan fingerprint density at radius 1 is 0.906 bits per heavy atom. The van der Waals surface area contributed by atoms with Crippen LogP contribution >= 0.6 is 0 Å². The second kappa shape index (κ2) is 8.66. The van der Waals surface area contributed by atoms with Crippen LogP contribution in [-0.4, -0.2) is 18.9 Å². The molecule has 0 spiro atoms. The number of methoxy groups -OCH3 is 1. The van der Waals surface area contributed by atoms with Crippen LogP contribution < -0.4 is 15.8 Å². The van der Waals surface area contributed by atoms with Gasteiger partial charge in [-0.05, 0) is 54.1 Å². The van der Waals surface area contributed by atoms with Crippen molar-refractivity contribution >= 4 is 17.5 Å². The van der Waals surface area contributed by atoms with Gasteiger partial charge in [0.05, 0.1) is 18.2 Å². The number of carbonyl (C=O) groups excluding carboxylic acids is 2. The molecule has 5 nitrogen and oxygen atoms in total. The number of ether oxygens (including phenoxy) is 1. The number of amides is 2. The number of nitrogens with two attached hydrogens (primary N) is 1. The molecule has 0 aliphatic heterocycles. The van der Waals surface area contributed by atoms with Crippen molar-refractivity contribution < 1.29 is 36.3 Å². The molecule has 0 bridgehead atoms. The molecule has 0 aliphatic rings. The summed E-state index contributed by atoms with van der Waals surface area (Å²) in [7, 11) is 1.20. The Balaban J connectivity index is 2.11. The highest BCUT2D eigenvalue weighted by Gasteiger charge is 2.32. The maximum absolute atomic E-state index is 13.7. The molecule has 0 aliphatic carbocycles. The fourth-order valence-corrected chi connectivity index (χ4v) is 3.02. The smallest absolute Gasteiger partial charge is 0.416 e. The molecule has 3 N–H and O–H groups in total. The van der Waals surface area contributed by atoms with Crippen LogP contribution in [0.5, 0.6) is 5.75 Å². The van der Waals surface area contributed by atoms with E-state index in [9.17, 15) is 31.5 Å². The lowest BCUT2D eigenvalue weighted by Crippen LogP contribution is -2.17. The van der Waals surface area contributed by atoms with Crippen molar-refractivity contribution in [3.05, 3.63) is 82.9 Å². The highest BCUT2D eigenvalue weighted by molar-refractivity contribution is 6.09. The minimum absolute atomic E-state index is 0.0119. The van der Waals surface area contributed by atoms with Crippen molar-refractivity contribution in [1.82, 2.24) is 0 Å². The lowest BCUT2D eigenvalue weighted by molar-refractivity contribution is -0.137. The van der Waals surface area contributed by atoms with Crippen LogP contribution in [0.1, 0.15) is 26.3 Å². The van der Waals surface area contributed by atoms with E-state index in [0.717, 1.165) is 42.5 Å². The first kappa shape index (κ1) is 22.7. The summed E-state index contributed by atoms with van der Waals surface area (Å²) in [5, 5.41) is 2.39. The quantitative estimate of drug-likeness (QED) is 0.537. The molecule has 0 fully saturated rings. The lowest BCUT2D eigenvalue weighted by Gasteiger charge is -2.16. The van der Waals surface area contributed by atoms with Crippen molar-refractivity contribution in [1.29, 1.82) is 0 Å². The first-order valence-electron chi connectivity index (χ1n) is 8.97. The molecule has 0 unspecified atom stereocenters. The van der Waals surface area contributed by atoms with E-state index in [1.807, 2.05) is 0 Å². The second-order valence-corrected chi connectivity index (χ2v) is 6.62. The molecular weight excluding hydrogens is 435 g/mol. The zero-order valence-corrected chi connectivity index (χ0v) is 16.4. The Hall–Kier alpha value is -3.95. The molecule has 166 valence electrons. The van der Waals surface area contributed by atoms with E-state index >= 15 is 0 Å². The Kier molecular flexibility index (Phi) is 6.15. The third-order valence-corrected chi connectivity index (χ3v) is 4.53. The van der Waals surface area contributed by atoms with Gasteiger partial charge < -0.3 is 15.8 Å². The molecule has 0 saturated heterocycles. The van der Waals surface area contributed by atoms with Gasteiger partial charge in [0.2, 0.25) is 0 Å². The van der Waals surface area contributed by atoms with E-state index in [2.05, 4.69) is 5.32 Å². The van der Waals surface area contributed by atoms with Gasteiger partial charge >= 0.3 is 6.18 Å². The van der Waals surface area contributed by atoms with Crippen molar-refractivity contribution in [3.63, 3.8) is 0 Å². The molecule has 0 saturated carbocycles. The number of nitrogens with one attached hydrogen (secondary N) is 1.